The zero-order chi connectivity index (χ0) is 19.1. The van der Waals surface area contributed by atoms with Crippen LogP contribution in [-0.2, 0) is 4.79 Å². The van der Waals surface area contributed by atoms with Gasteiger partial charge >= 0.3 is 0 Å². The van der Waals surface area contributed by atoms with Gasteiger partial charge in [-0.05, 0) is 67.6 Å². The molecule has 2 atom stereocenters. The lowest BCUT2D eigenvalue weighted by Crippen LogP contribution is -2.40. The van der Waals surface area contributed by atoms with Crippen molar-refractivity contribution in [2.45, 2.75) is 52.7 Å². The molecule has 1 N–H and O–H groups in total. The predicted octanol–water partition coefficient (Wildman–Crippen LogP) is 4.74. The fraction of sp³-hybridized carbons (Fsp3) is 0.409. The average molecular weight is 355 g/mol. The van der Waals surface area contributed by atoms with Crippen molar-refractivity contribution >= 4 is 5.91 Å². The molecule has 1 amide bonds. The number of rotatable bonds is 8. The van der Waals surface area contributed by atoms with Crippen LogP contribution in [0.15, 0.2) is 42.5 Å². The number of amides is 1. The first-order valence-corrected chi connectivity index (χ1v) is 9.16. The summed E-state index contributed by atoms with van der Waals surface area (Å²) in [5, 5.41) is 3.13. The Morgan fingerprint density at radius 2 is 1.62 bits per heavy atom. The van der Waals surface area contributed by atoms with E-state index in [1.807, 2.05) is 31.2 Å². The molecule has 2 aromatic carbocycles. The van der Waals surface area contributed by atoms with Crippen LogP contribution in [0.5, 0.6) is 11.5 Å². The lowest BCUT2D eigenvalue weighted by Gasteiger charge is -2.23. The van der Waals surface area contributed by atoms with Gasteiger partial charge < -0.3 is 14.8 Å². The molecule has 0 saturated heterocycles. The largest absolute Gasteiger partial charge is 0.497 e. The third-order valence-corrected chi connectivity index (χ3v) is 4.66. The van der Waals surface area contributed by atoms with Gasteiger partial charge in [0.1, 0.15) is 11.5 Å². The summed E-state index contributed by atoms with van der Waals surface area (Å²) in [4.78, 5) is 12.7. The Morgan fingerprint density at radius 1 is 0.962 bits per heavy atom. The van der Waals surface area contributed by atoms with Crippen molar-refractivity contribution in [1.29, 1.82) is 0 Å². The van der Waals surface area contributed by atoms with Gasteiger partial charge in [0.25, 0.3) is 5.91 Å². The summed E-state index contributed by atoms with van der Waals surface area (Å²) in [6.45, 7) is 8.21. The van der Waals surface area contributed by atoms with Crippen LogP contribution in [0, 0.1) is 13.8 Å². The van der Waals surface area contributed by atoms with Crippen molar-refractivity contribution in [3.05, 3.63) is 59.2 Å². The van der Waals surface area contributed by atoms with E-state index in [1.165, 1.54) is 11.1 Å². The van der Waals surface area contributed by atoms with Crippen LogP contribution in [0.3, 0.4) is 0 Å². The number of hydrogen-bond acceptors (Lipinski definition) is 3. The Morgan fingerprint density at radius 3 is 2.15 bits per heavy atom. The summed E-state index contributed by atoms with van der Waals surface area (Å²) in [6, 6.07) is 13.6. The summed E-state index contributed by atoms with van der Waals surface area (Å²) in [7, 11) is 1.62. The van der Waals surface area contributed by atoms with E-state index >= 15 is 0 Å². The highest BCUT2D eigenvalue weighted by Crippen LogP contribution is 2.22. The summed E-state index contributed by atoms with van der Waals surface area (Å²) in [6.07, 6.45) is 0.901. The molecule has 0 aliphatic rings. The summed E-state index contributed by atoms with van der Waals surface area (Å²) < 4.78 is 11.0. The van der Waals surface area contributed by atoms with Crippen LogP contribution in [0.4, 0.5) is 0 Å². The van der Waals surface area contributed by atoms with Crippen LogP contribution in [0.2, 0.25) is 0 Å². The summed E-state index contributed by atoms with van der Waals surface area (Å²) in [5.41, 5.74) is 3.61. The second kappa shape index (κ2) is 9.27. The fourth-order valence-electron chi connectivity index (χ4n) is 2.81. The Hall–Kier alpha value is -2.49. The summed E-state index contributed by atoms with van der Waals surface area (Å²) in [5.74, 6) is 1.33. The van der Waals surface area contributed by atoms with Gasteiger partial charge in [-0.3, -0.25) is 4.79 Å². The number of carbonyl (C=O) groups is 1. The molecule has 140 valence electrons. The van der Waals surface area contributed by atoms with E-state index in [0.29, 0.717) is 12.2 Å². The number of aryl methyl sites for hydroxylation is 2. The van der Waals surface area contributed by atoms with Gasteiger partial charge in [0, 0.05) is 0 Å². The Bertz CT molecular complexity index is 725. The van der Waals surface area contributed by atoms with Gasteiger partial charge in [-0.1, -0.05) is 32.0 Å². The molecule has 0 aliphatic heterocycles. The first-order valence-electron chi connectivity index (χ1n) is 9.16. The van der Waals surface area contributed by atoms with E-state index in [2.05, 4.69) is 44.3 Å². The van der Waals surface area contributed by atoms with Crippen molar-refractivity contribution < 1.29 is 14.3 Å². The van der Waals surface area contributed by atoms with Crippen molar-refractivity contribution in [1.82, 2.24) is 5.32 Å². The second-order valence-corrected chi connectivity index (χ2v) is 6.50. The van der Waals surface area contributed by atoms with Gasteiger partial charge in [-0.2, -0.15) is 0 Å². The zero-order valence-corrected chi connectivity index (χ0v) is 16.3. The number of nitrogens with one attached hydrogen (secondary N) is 1. The SMILES string of the molecule is CC[C@H](NC(=O)[C@@H](CC)Oc1ccc(OC)cc1)c1ccc(C)c(C)c1. The highest BCUT2D eigenvalue weighted by molar-refractivity contribution is 5.81. The molecule has 4 nitrogen and oxygen atoms in total. The minimum atomic E-state index is -0.524. The lowest BCUT2D eigenvalue weighted by molar-refractivity contribution is -0.128. The lowest BCUT2D eigenvalue weighted by atomic mass is 9.99. The minimum absolute atomic E-state index is 0.0182. The highest BCUT2D eigenvalue weighted by atomic mass is 16.5. The van der Waals surface area contributed by atoms with Crippen LogP contribution < -0.4 is 14.8 Å². The molecule has 0 radical (unpaired) electrons. The Balaban J connectivity index is 2.06. The minimum Gasteiger partial charge on any atom is -0.497 e. The number of carbonyl (C=O) groups excluding carboxylic acids is 1. The Labute approximate surface area is 156 Å². The van der Waals surface area contributed by atoms with Crippen LogP contribution in [0.25, 0.3) is 0 Å². The number of benzene rings is 2. The smallest absolute Gasteiger partial charge is 0.261 e. The maximum atomic E-state index is 12.7. The molecule has 2 rings (SSSR count). The normalized spacial score (nSPS) is 13.0. The van der Waals surface area contributed by atoms with E-state index < -0.39 is 6.10 Å². The quantitative estimate of drug-likeness (QED) is 0.744. The molecule has 0 saturated carbocycles. The molecule has 26 heavy (non-hydrogen) atoms. The molecular weight excluding hydrogens is 326 g/mol. The van der Waals surface area contributed by atoms with Crippen molar-refractivity contribution in [2.24, 2.45) is 0 Å². The van der Waals surface area contributed by atoms with E-state index in [-0.39, 0.29) is 11.9 Å². The van der Waals surface area contributed by atoms with E-state index in [4.69, 9.17) is 9.47 Å². The standard InChI is InChI=1S/C22H29NO3/c1-6-20(17-9-8-15(3)16(4)14-17)23-22(24)21(7-2)26-19-12-10-18(25-5)11-13-19/h8-14,20-21H,6-7H2,1-5H3,(H,23,24)/t20-,21+/m0/s1. The van der Waals surface area contributed by atoms with Gasteiger partial charge in [-0.25, -0.2) is 0 Å². The highest BCUT2D eigenvalue weighted by Gasteiger charge is 2.22. The number of ether oxygens (including phenoxy) is 2. The third-order valence-electron chi connectivity index (χ3n) is 4.66. The van der Waals surface area contributed by atoms with Gasteiger partial charge in [0.2, 0.25) is 0 Å². The van der Waals surface area contributed by atoms with E-state index in [0.717, 1.165) is 17.7 Å². The molecule has 0 spiro atoms. The van der Waals surface area contributed by atoms with E-state index in [9.17, 15) is 4.79 Å². The van der Waals surface area contributed by atoms with Crippen LogP contribution in [-0.4, -0.2) is 19.1 Å². The number of hydrogen-bond donors (Lipinski definition) is 1. The maximum absolute atomic E-state index is 12.7. The van der Waals surface area contributed by atoms with Crippen LogP contribution in [0.1, 0.15) is 49.4 Å². The molecule has 2 aromatic rings. The third kappa shape index (κ3) is 5.01. The average Bonchev–Trinajstić information content (AvgIpc) is 2.66. The zero-order valence-electron chi connectivity index (χ0n) is 16.3. The molecule has 0 bridgehead atoms. The van der Waals surface area contributed by atoms with Gasteiger partial charge in [0.05, 0.1) is 13.2 Å². The Kier molecular flexibility index (Phi) is 7.07. The fourth-order valence-corrected chi connectivity index (χ4v) is 2.81. The van der Waals surface area contributed by atoms with Gasteiger partial charge in [-0.15, -0.1) is 0 Å². The molecule has 0 aromatic heterocycles. The van der Waals surface area contributed by atoms with Gasteiger partial charge in [0.15, 0.2) is 6.10 Å². The van der Waals surface area contributed by atoms with E-state index in [1.54, 1.807) is 7.11 Å². The first-order chi connectivity index (χ1) is 12.5. The van der Waals surface area contributed by atoms with Crippen molar-refractivity contribution in [3.63, 3.8) is 0 Å². The number of methoxy groups -OCH3 is 1. The summed E-state index contributed by atoms with van der Waals surface area (Å²) >= 11 is 0. The second-order valence-electron chi connectivity index (χ2n) is 6.50. The topological polar surface area (TPSA) is 47.6 Å². The first kappa shape index (κ1) is 19.8. The molecule has 0 heterocycles. The maximum Gasteiger partial charge on any atom is 0.261 e. The molecule has 0 unspecified atom stereocenters. The predicted molar refractivity (Wildman–Crippen MR) is 105 cm³/mol. The monoisotopic (exact) mass is 355 g/mol. The molecule has 4 heteroatoms. The molecule has 0 aliphatic carbocycles. The molecule has 0 fully saturated rings. The molecular formula is C22H29NO3. The van der Waals surface area contributed by atoms with Crippen molar-refractivity contribution in [2.75, 3.05) is 7.11 Å². The van der Waals surface area contributed by atoms with Crippen LogP contribution >= 0.6 is 0 Å². The van der Waals surface area contributed by atoms with Crippen molar-refractivity contribution in [3.8, 4) is 11.5 Å².